The van der Waals surface area contributed by atoms with Crippen LogP contribution in [-0.2, 0) is 18.3 Å². The number of fused-ring (bicyclic) bond motifs is 2. The Kier molecular flexibility index (Phi) is 4.06. The zero-order valence-electron chi connectivity index (χ0n) is 16.8. The van der Waals surface area contributed by atoms with Gasteiger partial charge in [0.05, 0.1) is 5.69 Å². The molecule has 29 heavy (non-hydrogen) atoms. The maximum atomic E-state index is 13.4. The van der Waals surface area contributed by atoms with Crippen LogP contribution in [0.5, 0.6) is 0 Å². The molecule has 0 radical (unpaired) electrons. The minimum absolute atomic E-state index is 0.0721. The number of hydrogen-bond donors (Lipinski definition) is 1. The van der Waals surface area contributed by atoms with Gasteiger partial charge in [-0.15, -0.1) is 0 Å². The van der Waals surface area contributed by atoms with Gasteiger partial charge in [-0.2, -0.15) is 0 Å². The summed E-state index contributed by atoms with van der Waals surface area (Å²) in [5, 5.41) is 7.66. The lowest BCUT2D eigenvalue weighted by Gasteiger charge is -2.55. The summed E-state index contributed by atoms with van der Waals surface area (Å²) in [5.74, 6) is 0.815. The summed E-state index contributed by atoms with van der Waals surface area (Å²) in [4.78, 5) is 18.6. The van der Waals surface area contributed by atoms with Crippen molar-refractivity contribution in [3.8, 4) is 0 Å². The molecular formula is C23H28N4O2. The Balaban J connectivity index is 1.37. The zero-order valence-corrected chi connectivity index (χ0v) is 16.8. The molecule has 1 N–H and O–H groups in total. The Morgan fingerprint density at radius 2 is 1.79 bits per heavy atom. The summed E-state index contributed by atoms with van der Waals surface area (Å²) in [7, 11) is 0. The second kappa shape index (κ2) is 6.67. The first-order valence-corrected chi connectivity index (χ1v) is 11.0. The lowest BCUT2D eigenvalue weighted by Crippen LogP contribution is -2.70. The summed E-state index contributed by atoms with van der Waals surface area (Å²) in [6.45, 7) is 6.38. The van der Waals surface area contributed by atoms with Crippen LogP contribution in [0.15, 0.2) is 34.9 Å². The Morgan fingerprint density at radius 3 is 2.55 bits per heavy atom. The quantitative estimate of drug-likeness (QED) is 0.864. The molecule has 2 unspecified atom stereocenters. The molecule has 1 amide bonds. The number of nitrogens with zero attached hydrogens (tertiary/aromatic N) is 3. The topological polar surface area (TPSA) is 61.6 Å². The molecule has 3 atom stereocenters. The standard InChI is InChI=1S/C23H28N4O2/c28-22(20-18-8-4-5-9-19(18)25-29-20)24-21-16-12-26-10-11-27(13-16)15-23(21,14-26)17-6-2-1-3-7-17/h1-3,6-7,16,21H,4-5,8-15H2,(H,24,28)/t16?,21-,23?/m1/s1. The van der Waals surface area contributed by atoms with Crippen LogP contribution in [0, 0.1) is 5.92 Å². The molecule has 4 fully saturated rings. The van der Waals surface area contributed by atoms with Crippen molar-refractivity contribution < 1.29 is 9.32 Å². The van der Waals surface area contributed by atoms with E-state index in [1.165, 1.54) is 5.56 Å². The Bertz CT molecular complexity index is 908. The third-order valence-corrected chi connectivity index (χ3v) is 7.60. The van der Waals surface area contributed by atoms with E-state index in [0.29, 0.717) is 11.7 Å². The summed E-state index contributed by atoms with van der Waals surface area (Å²) < 4.78 is 5.55. The molecule has 4 saturated heterocycles. The van der Waals surface area contributed by atoms with E-state index in [2.05, 4.69) is 50.6 Å². The number of carbonyl (C=O) groups is 1. The lowest BCUT2D eigenvalue weighted by atomic mass is 9.64. The van der Waals surface area contributed by atoms with Crippen molar-refractivity contribution in [2.75, 3.05) is 39.3 Å². The average molecular weight is 393 g/mol. The molecule has 1 aliphatic carbocycles. The maximum absolute atomic E-state index is 13.4. The predicted molar refractivity (Wildman–Crippen MR) is 109 cm³/mol. The maximum Gasteiger partial charge on any atom is 0.290 e. The fraction of sp³-hybridized carbons (Fsp3) is 0.565. The number of hydrogen-bond acceptors (Lipinski definition) is 5. The SMILES string of the molecule is O=C(N[C@@H]1C2CN3CCN(C2)CC1(c1ccccc1)C3)c1onc2c1CCCC2. The van der Waals surface area contributed by atoms with E-state index in [0.717, 1.165) is 76.2 Å². The molecule has 152 valence electrons. The van der Waals surface area contributed by atoms with Gasteiger partial charge in [-0.25, -0.2) is 0 Å². The first kappa shape index (κ1) is 17.7. The second-order valence-corrected chi connectivity index (χ2v) is 9.35. The molecule has 0 saturated carbocycles. The van der Waals surface area contributed by atoms with Crippen LogP contribution in [-0.4, -0.2) is 66.2 Å². The fourth-order valence-corrected chi connectivity index (χ4v) is 6.34. The molecule has 5 aliphatic rings. The molecular weight excluding hydrogens is 364 g/mol. The summed E-state index contributed by atoms with van der Waals surface area (Å²) >= 11 is 0. The van der Waals surface area contributed by atoms with Gasteiger partial charge in [0.2, 0.25) is 5.76 Å². The van der Waals surface area contributed by atoms with Crippen molar-refractivity contribution in [1.29, 1.82) is 0 Å². The minimum Gasteiger partial charge on any atom is -0.350 e. The fourth-order valence-electron chi connectivity index (χ4n) is 6.34. The number of benzene rings is 1. The normalized spacial score (nSPS) is 35.2. The Hall–Kier alpha value is -2.18. The first-order chi connectivity index (χ1) is 14.2. The van der Waals surface area contributed by atoms with Gasteiger partial charge in [0.1, 0.15) is 0 Å². The number of nitrogens with one attached hydrogen (secondary N) is 1. The molecule has 1 aromatic heterocycles. The first-order valence-electron chi connectivity index (χ1n) is 11.0. The number of carbonyl (C=O) groups excluding carboxylic acids is 1. The highest BCUT2D eigenvalue weighted by atomic mass is 16.5. The minimum atomic E-state index is -0.0747. The second-order valence-electron chi connectivity index (χ2n) is 9.35. The molecule has 6 heteroatoms. The molecule has 4 aliphatic heterocycles. The molecule has 0 spiro atoms. The third-order valence-electron chi connectivity index (χ3n) is 7.60. The molecule has 4 bridgehead atoms. The smallest absolute Gasteiger partial charge is 0.290 e. The number of piperidine rings is 2. The van der Waals surface area contributed by atoms with Gasteiger partial charge in [-0.05, 0) is 31.2 Å². The van der Waals surface area contributed by atoms with Gasteiger partial charge >= 0.3 is 0 Å². The van der Waals surface area contributed by atoms with Crippen molar-refractivity contribution in [3.05, 3.63) is 52.9 Å². The van der Waals surface area contributed by atoms with Gasteiger partial charge in [0.15, 0.2) is 0 Å². The molecule has 2 aromatic rings. The zero-order chi connectivity index (χ0) is 19.4. The largest absolute Gasteiger partial charge is 0.350 e. The third kappa shape index (κ3) is 2.76. The van der Waals surface area contributed by atoms with Crippen molar-refractivity contribution in [2.24, 2.45) is 5.92 Å². The van der Waals surface area contributed by atoms with E-state index in [9.17, 15) is 4.79 Å². The van der Waals surface area contributed by atoms with Crippen LogP contribution in [0.25, 0.3) is 0 Å². The van der Waals surface area contributed by atoms with Gasteiger partial charge in [0.25, 0.3) is 5.91 Å². The van der Waals surface area contributed by atoms with Crippen LogP contribution < -0.4 is 5.32 Å². The van der Waals surface area contributed by atoms with Gasteiger partial charge in [-0.3, -0.25) is 4.79 Å². The van der Waals surface area contributed by atoms with Crippen LogP contribution in [0.3, 0.4) is 0 Å². The molecule has 6 nitrogen and oxygen atoms in total. The van der Waals surface area contributed by atoms with E-state index in [1.54, 1.807) is 0 Å². The van der Waals surface area contributed by atoms with Crippen molar-refractivity contribution in [2.45, 2.75) is 37.1 Å². The highest BCUT2D eigenvalue weighted by Crippen LogP contribution is 2.43. The number of amides is 1. The summed E-state index contributed by atoms with van der Waals surface area (Å²) in [6, 6.07) is 10.9. The van der Waals surface area contributed by atoms with Crippen LogP contribution >= 0.6 is 0 Å². The van der Waals surface area contributed by atoms with E-state index in [1.807, 2.05) is 0 Å². The van der Waals surface area contributed by atoms with Gasteiger partial charge < -0.3 is 19.6 Å². The van der Waals surface area contributed by atoms with Crippen molar-refractivity contribution in [1.82, 2.24) is 20.3 Å². The highest BCUT2D eigenvalue weighted by molar-refractivity contribution is 5.93. The molecule has 7 rings (SSSR count). The number of rotatable bonds is 3. The monoisotopic (exact) mass is 392 g/mol. The van der Waals surface area contributed by atoms with E-state index in [-0.39, 0.29) is 17.4 Å². The highest BCUT2D eigenvalue weighted by Gasteiger charge is 2.55. The van der Waals surface area contributed by atoms with E-state index < -0.39 is 0 Å². The van der Waals surface area contributed by atoms with Crippen LogP contribution in [0.1, 0.15) is 40.2 Å². The van der Waals surface area contributed by atoms with E-state index >= 15 is 0 Å². The summed E-state index contributed by atoms with van der Waals surface area (Å²) in [5.41, 5.74) is 3.29. The molecule has 5 heterocycles. The van der Waals surface area contributed by atoms with Crippen LogP contribution in [0.4, 0.5) is 0 Å². The van der Waals surface area contributed by atoms with Crippen LogP contribution in [0.2, 0.25) is 0 Å². The average Bonchev–Trinajstić information content (AvgIpc) is 3.02. The van der Waals surface area contributed by atoms with E-state index in [4.69, 9.17) is 4.52 Å². The van der Waals surface area contributed by atoms with Gasteiger partial charge in [-0.1, -0.05) is 35.5 Å². The van der Waals surface area contributed by atoms with Crippen molar-refractivity contribution >= 4 is 5.91 Å². The van der Waals surface area contributed by atoms with Crippen molar-refractivity contribution in [3.63, 3.8) is 0 Å². The number of aromatic nitrogens is 1. The Morgan fingerprint density at radius 1 is 1.07 bits per heavy atom. The summed E-state index contributed by atoms with van der Waals surface area (Å²) in [6.07, 6.45) is 4.07. The lowest BCUT2D eigenvalue weighted by molar-refractivity contribution is 0.0173. The number of aryl methyl sites for hydroxylation is 1. The molecule has 1 aromatic carbocycles. The van der Waals surface area contributed by atoms with Gasteiger partial charge in [0, 0.05) is 62.2 Å². The predicted octanol–water partition coefficient (Wildman–Crippen LogP) is 1.85. The Labute approximate surface area is 171 Å².